The van der Waals surface area contributed by atoms with E-state index in [0.29, 0.717) is 25.7 Å². The lowest BCUT2D eigenvalue weighted by molar-refractivity contribution is -0.133. The first-order valence-corrected chi connectivity index (χ1v) is 9.08. The average Bonchev–Trinajstić information content (AvgIpc) is 3.29. The van der Waals surface area contributed by atoms with E-state index in [1.165, 1.54) is 11.1 Å². The second-order valence-electron chi connectivity index (χ2n) is 6.62. The molecule has 4 nitrogen and oxygen atoms in total. The zero-order valence-electron chi connectivity index (χ0n) is 14.2. The minimum Gasteiger partial charge on any atom is -0.453 e. The molecule has 1 saturated carbocycles. The van der Waals surface area contributed by atoms with Crippen molar-refractivity contribution in [2.45, 2.75) is 38.9 Å². The third kappa shape index (κ3) is 4.71. The number of hydrogen-bond donors (Lipinski definition) is 0. The van der Waals surface area contributed by atoms with Crippen molar-refractivity contribution in [1.29, 1.82) is 0 Å². The summed E-state index contributed by atoms with van der Waals surface area (Å²) >= 11 is 3.31. The molecule has 1 amide bonds. The molecule has 0 N–H and O–H groups in total. The number of likely N-dealkylation sites (N-methyl/N-ethyl adjacent to an activating group) is 1. The fourth-order valence-electron chi connectivity index (χ4n) is 2.78. The third-order valence-corrected chi connectivity index (χ3v) is 4.67. The van der Waals surface area contributed by atoms with Crippen molar-refractivity contribution in [3.63, 3.8) is 0 Å². The number of benzene rings is 1. The molecule has 128 valence electrons. The largest absolute Gasteiger partial charge is 0.453 e. The van der Waals surface area contributed by atoms with Gasteiger partial charge < -0.3 is 9.32 Å². The van der Waals surface area contributed by atoms with Crippen molar-refractivity contribution >= 4 is 21.8 Å². The maximum Gasteiger partial charge on any atom is 0.237 e. The number of carbonyl (C=O) groups excluding carboxylic acids is 1. The summed E-state index contributed by atoms with van der Waals surface area (Å²) in [6.07, 6.45) is 2.24. The van der Waals surface area contributed by atoms with Crippen molar-refractivity contribution in [1.82, 2.24) is 9.80 Å². The Balaban J connectivity index is 1.58. The Morgan fingerprint density at radius 3 is 2.46 bits per heavy atom. The summed E-state index contributed by atoms with van der Waals surface area (Å²) in [6.45, 7) is 3.81. The Labute approximate surface area is 151 Å². The van der Waals surface area contributed by atoms with Crippen LogP contribution in [0.4, 0.5) is 0 Å². The van der Waals surface area contributed by atoms with Crippen molar-refractivity contribution in [3.8, 4) is 0 Å². The predicted octanol–water partition coefficient (Wildman–Crippen LogP) is 3.97. The molecular formula is C19H23BrN2O2. The average molecular weight is 391 g/mol. The summed E-state index contributed by atoms with van der Waals surface area (Å²) in [5.41, 5.74) is 2.44. The van der Waals surface area contributed by atoms with Gasteiger partial charge in [-0.1, -0.05) is 29.8 Å². The molecule has 1 aromatic carbocycles. The molecule has 0 bridgehead atoms. The van der Waals surface area contributed by atoms with Crippen LogP contribution in [0.5, 0.6) is 0 Å². The lowest BCUT2D eigenvalue weighted by Crippen LogP contribution is -2.39. The molecule has 1 aliphatic rings. The fraction of sp³-hybridized carbons (Fsp3) is 0.421. The van der Waals surface area contributed by atoms with Gasteiger partial charge >= 0.3 is 0 Å². The van der Waals surface area contributed by atoms with Gasteiger partial charge in [0.05, 0.1) is 13.1 Å². The monoisotopic (exact) mass is 390 g/mol. The van der Waals surface area contributed by atoms with Gasteiger partial charge in [0.15, 0.2) is 4.67 Å². The van der Waals surface area contributed by atoms with Crippen LogP contribution in [0.2, 0.25) is 0 Å². The molecule has 5 heteroatoms. The van der Waals surface area contributed by atoms with E-state index in [-0.39, 0.29) is 5.91 Å². The summed E-state index contributed by atoms with van der Waals surface area (Å²) in [4.78, 5) is 16.8. The van der Waals surface area contributed by atoms with Crippen LogP contribution in [0.1, 0.15) is 29.7 Å². The van der Waals surface area contributed by atoms with Crippen LogP contribution in [-0.4, -0.2) is 35.3 Å². The van der Waals surface area contributed by atoms with Gasteiger partial charge in [-0.25, -0.2) is 0 Å². The summed E-state index contributed by atoms with van der Waals surface area (Å²) in [5, 5.41) is 0. The van der Waals surface area contributed by atoms with Crippen LogP contribution in [0, 0.1) is 6.92 Å². The predicted molar refractivity (Wildman–Crippen MR) is 97.5 cm³/mol. The Bertz CT molecular complexity index is 692. The maximum absolute atomic E-state index is 12.7. The van der Waals surface area contributed by atoms with Crippen LogP contribution in [0.15, 0.2) is 45.5 Å². The van der Waals surface area contributed by atoms with Gasteiger partial charge in [-0.05, 0) is 60.4 Å². The van der Waals surface area contributed by atoms with Crippen LogP contribution >= 0.6 is 15.9 Å². The summed E-state index contributed by atoms with van der Waals surface area (Å²) in [5.74, 6) is 1.04. The van der Waals surface area contributed by atoms with Gasteiger partial charge in [-0.3, -0.25) is 9.69 Å². The standard InChI is InChI=1S/C19H23BrN2O2/c1-14-3-5-15(6-4-14)11-22(16-7-8-16)19(23)13-21(2)12-17-9-10-18(20)24-17/h3-6,9-10,16H,7-8,11-13H2,1-2H3. The molecule has 1 aliphatic carbocycles. The van der Waals surface area contributed by atoms with E-state index in [1.54, 1.807) is 0 Å². The van der Waals surface area contributed by atoms with Crippen molar-refractivity contribution in [3.05, 3.63) is 58.0 Å². The molecule has 1 fully saturated rings. The van der Waals surface area contributed by atoms with E-state index in [9.17, 15) is 4.79 Å². The topological polar surface area (TPSA) is 36.7 Å². The third-order valence-electron chi connectivity index (χ3n) is 4.24. The first kappa shape index (κ1) is 17.2. The zero-order valence-corrected chi connectivity index (χ0v) is 15.8. The van der Waals surface area contributed by atoms with Gasteiger partial charge in [0.2, 0.25) is 5.91 Å². The molecule has 0 spiro atoms. The molecule has 0 radical (unpaired) electrons. The number of aryl methyl sites for hydroxylation is 1. The van der Waals surface area contributed by atoms with Gasteiger partial charge in [0.25, 0.3) is 0 Å². The molecule has 1 heterocycles. The van der Waals surface area contributed by atoms with Gasteiger partial charge in [0, 0.05) is 12.6 Å². The van der Waals surface area contributed by atoms with Crippen molar-refractivity contribution < 1.29 is 9.21 Å². The number of carbonyl (C=O) groups is 1. The van der Waals surface area contributed by atoms with Gasteiger partial charge in [-0.2, -0.15) is 0 Å². The first-order chi connectivity index (χ1) is 11.5. The van der Waals surface area contributed by atoms with E-state index < -0.39 is 0 Å². The molecule has 0 atom stereocenters. The lowest BCUT2D eigenvalue weighted by atomic mass is 10.1. The molecular weight excluding hydrogens is 368 g/mol. The maximum atomic E-state index is 12.7. The highest BCUT2D eigenvalue weighted by Crippen LogP contribution is 2.28. The second kappa shape index (κ2) is 7.53. The van der Waals surface area contributed by atoms with E-state index in [0.717, 1.165) is 23.3 Å². The summed E-state index contributed by atoms with van der Waals surface area (Å²) < 4.78 is 6.23. The molecule has 0 saturated heterocycles. The Kier molecular flexibility index (Phi) is 5.41. The Morgan fingerprint density at radius 2 is 1.88 bits per heavy atom. The minimum absolute atomic E-state index is 0.186. The number of furan rings is 1. The summed E-state index contributed by atoms with van der Waals surface area (Å²) in [7, 11) is 1.95. The van der Waals surface area contributed by atoms with E-state index in [1.807, 2.05) is 29.0 Å². The van der Waals surface area contributed by atoms with E-state index in [4.69, 9.17) is 4.42 Å². The molecule has 0 unspecified atom stereocenters. The Hall–Kier alpha value is -1.59. The second-order valence-corrected chi connectivity index (χ2v) is 7.40. The highest BCUT2D eigenvalue weighted by molar-refractivity contribution is 9.10. The van der Waals surface area contributed by atoms with Crippen LogP contribution < -0.4 is 0 Å². The smallest absolute Gasteiger partial charge is 0.237 e. The molecule has 3 rings (SSSR count). The van der Waals surface area contributed by atoms with Crippen LogP contribution in [0.3, 0.4) is 0 Å². The SMILES string of the molecule is Cc1ccc(CN(C(=O)CN(C)Cc2ccc(Br)o2)C2CC2)cc1. The first-order valence-electron chi connectivity index (χ1n) is 8.29. The van der Waals surface area contributed by atoms with Crippen LogP contribution in [-0.2, 0) is 17.9 Å². The fourth-order valence-corrected chi connectivity index (χ4v) is 3.12. The molecule has 2 aromatic rings. The van der Waals surface area contributed by atoms with E-state index in [2.05, 4.69) is 47.1 Å². The Morgan fingerprint density at radius 1 is 1.17 bits per heavy atom. The normalized spacial score (nSPS) is 14.2. The quantitative estimate of drug-likeness (QED) is 0.717. The number of rotatable bonds is 7. The van der Waals surface area contributed by atoms with Crippen molar-refractivity contribution in [2.24, 2.45) is 0 Å². The summed E-state index contributed by atoms with van der Waals surface area (Å²) in [6, 6.07) is 12.6. The van der Waals surface area contributed by atoms with Gasteiger partial charge in [-0.15, -0.1) is 0 Å². The molecule has 0 aliphatic heterocycles. The minimum atomic E-state index is 0.186. The lowest BCUT2D eigenvalue weighted by Gasteiger charge is -2.25. The number of halogens is 1. The number of amides is 1. The van der Waals surface area contributed by atoms with Crippen LogP contribution in [0.25, 0.3) is 0 Å². The van der Waals surface area contributed by atoms with Crippen molar-refractivity contribution in [2.75, 3.05) is 13.6 Å². The zero-order chi connectivity index (χ0) is 17.1. The van der Waals surface area contributed by atoms with Gasteiger partial charge in [0.1, 0.15) is 5.76 Å². The van der Waals surface area contributed by atoms with E-state index >= 15 is 0 Å². The highest BCUT2D eigenvalue weighted by Gasteiger charge is 2.32. The number of nitrogens with zero attached hydrogens (tertiary/aromatic N) is 2. The number of hydrogen-bond acceptors (Lipinski definition) is 3. The molecule has 24 heavy (non-hydrogen) atoms. The highest BCUT2D eigenvalue weighted by atomic mass is 79.9. The molecule has 1 aromatic heterocycles.